The Labute approximate surface area is 116 Å². The summed E-state index contributed by atoms with van der Waals surface area (Å²) in [6.45, 7) is 0.897. The molecule has 1 aliphatic rings. The third kappa shape index (κ3) is 3.31. The zero-order valence-corrected chi connectivity index (χ0v) is 10.9. The molecule has 7 heteroatoms. The van der Waals surface area contributed by atoms with Gasteiger partial charge in [0.1, 0.15) is 11.5 Å². The molecule has 0 unspecified atom stereocenters. The minimum absolute atomic E-state index is 0.132. The number of nitrogens with two attached hydrogens (primary N) is 1. The number of piperidine rings is 1. The van der Waals surface area contributed by atoms with E-state index in [1.807, 2.05) is 0 Å². The summed E-state index contributed by atoms with van der Waals surface area (Å²) in [5.74, 6) is -0.771. The molecule has 0 saturated carbocycles. The summed E-state index contributed by atoms with van der Waals surface area (Å²) in [6.07, 6.45) is 1.10. The van der Waals surface area contributed by atoms with Crippen molar-refractivity contribution in [3.63, 3.8) is 0 Å². The molecule has 0 aliphatic carbocycles. The van der Waals surface area contributed by atoms with Crippen LogP contribution < -0.4 is 11.1 Å². The number of phenols is 2. The summed E-state index contributed by atoms with van der Waals surface area (Å²) in [4.78, 5) is 24.6. The van der Waals surface area contributed by atoms with Crippen LogP contribution in [0.1, 0.15) is 12.8 Å². The van der Waals surface area contributed by atoms with E-state index in [0.717, 1.165) is 0 Å². The Morgan fingerprint density at radius 1 is 1.15 bits per heavy atom. The van der Waals surface area contributed by atoms with Gasteiger partial charge in [-0.1, -0.05) is 0 Å². The molecule has 1 aromatic rings. The maximum Gasteiger partial charge on any atom is 0.321 e. The van der Waals surface area contributed by atoms with Crippen molar-refractivity contribution in [2.45, 2.75) is 12.8 Å². The molecule has 1 fully saturated rings. The highest BCUT2D eigenvalue weighted by Gasteiger charge is 2.25. The molecule has 0 aromatic heterocycles. The Morgan fingerprint density at radius 2 is 1.70 bits per heavy atom. The molecule has 1 aliphatic heterocycles. The Balaban J connectivity index is 1.94. The Hall–Kier alpha value is -2.44. The van der Waals surface area contributed by atoms with Gasteiger partial charge >= 0.3 is 6.03 Å². The van der Waals surface area contributed by atoms with Crippen LogP contribution in [0, 0.1) is 5.92 Å². The lowest BCUT2D eigenvalue weighted by Crippen LogP contribution is -2.43. The van der Waals surface area contributed by atoms with Gasteiger partial charge in [-0.2, -0.15) is 0 Å². The van der Waals surface area contributed by atoms with Gasteiger partial charge in [-0.3, -0.25) is 4.79 Å². The second-order valence-corrected chi connectivity index (χ2v) is 4.83. The molecule has 20 heavy (non-hydrogen) atoms. The molecular weight excluding hydrogens is 262 g/mol. The zero-order valence-electron chi connectivity index (χ0n) is 10.9. The summed E-state index contributed by atoms with van der Waals surface area (Å²) >= 11 is 0. The molecule has 0 radical (unpaired) electrons. The number of rotatable bonds is 2. The number of nitrogens with one attached hydrogen (secondary N) is 1. The molecule has 0 bridgehead atoms. The molecule has 3 amide bonds. The number of primary amides is 1. The van der Waals surface area contributed by atoms with Crippen molar-refractivity contribution in [3.8, 4) is 11.5 Å². The predicted octanol–water partition coefficient (Wildman–Crippen LogP) is 0.827. The number of benzene rings is 1. The molecule has 108 valence electrons. The first-order chi connectivity index (χ1) is 9.45. The average molecular weight is 279 g/mol. The summed E-state index contributed by atoms with van der Waals surface area (Å²) < 4.78 is 0. The van der Waals surface area contributed by atoms with E-state index >= 15 is 0 Å². The number of amides is 3. The number of hydrogen-bond donors (Lipinski definition) is 4. The van der Waals surface area contributed by atoms with Crippen LogP contribution in [0.2, 0.25) is 0 Å². The van der Waals surface area contributed by atoms with Crippen molar-refractivity contribution in [2.24, 2.45) is 11.7 Å². The number of likely N-dealkylation sites (tertiary alicyclic amines) is 1. The zero-order chi connectivity index (χ0) is 14.7. The fourth-order valence-electron chi connectivity index (χ4n) is 2.24. The standard InChI is InChI=1S/C13H17N3O4/c14-12(19)8-1-3-16(4-2-8)13(20)15-9-5-10(17)7-11(18)6-9/h5-8,17-18H,1-4H2,(H2,14,19)(H,15,20). The van der Waals surface area contributed by atoms with Crippen molar-refractivity contribution >= 4 is 17.6 Å². The normalized spacial score (nSPS) is 15.9. The third-order valence-electron chi connectivity index (χ3n) is 3.34. The first-order valence-corrected chi connectivity index (χ1v) is 6.34. The largest absolute Gasteiger partial charge is 0.508 e. The SMILES string of the molecule is NC(=O)C1CCN(C(=O)Nc2cc(O)cc(O)c2)CC1. The second-order valence-electron chi connectivity index (χ2n) is 4.83. The first-order valence-electron chi connectivity index (χ1n) is 6.34. The molecule has 5 N–H and O–H groups in total. The van der Waals surface area contributed by atoms with Crippen LogP contribution in [0.25, 0.3) is 0 Å². The summed E-state index contributed by atoms with van der Waals surface area (Å²) in [5.41, 5.74) is 5.54. The van der Waals surface area contributed by atoms with Gasteiger partial charge in [0, 0.05) is 42.9 Å². The molecule has 1 heterocycles. The van der Waals surface area contributed by atoms with Gasteiger partial charge in [0.15, 0.2) is 0 Å². The van der Waals surface area contributed by atoms with Gasteiger partial charge < -0.3 is 26.2 Å². The number of urea groups is 1. The van der Waals surface area contributed by atoms with Gasteiger partial charge in [-0.05, 0) is 12.8 Å². The number of hydrogen-bond acceptors (Lipinski definition) is 4. The van der Waals surface area contributed by atoms with E-state index in [4.69, 9.17) is 5.73 Å². The topological polar surface area (TPSA) is 116 Å². The van der Waals surface area contributed by atoms with Gasteiger partial charge in [-0.15, -0.1) is 0 Å². The quantitative estimate of drug-likeness (QED) is 0.641. The van der Waals surface area contributed by atoms with Gasteiger partial charge in [0.2, 0.25) is 5.91 Å². The van der Waals surface area contributed by atoms with E-state index in [2.05, 4.69) is 5.32 Å². The Morgan fingerprint density at radius 3 is 2.20 bits per heavy atom. The highest BCUT2D eigenvalue weighted by molar-refractivity contribution is 5.90. The van der Waals surface area contributed by atoms with Crippen LogP contribution in [0.15, 0.2) is 18.2 Å². The van der Waals surface area contributed by atoms with Crippen molar-refractivity contribution < 1.29 is 19.8 Å². The number of nitrogens with zero attached hydrogens (tertiary/aromatic N) is 1. The van der Waals surface area contributed by atoms with Crippen molar-refractivity contribution in [1.82, 2.24) is 4.90 Å². The minimum atomic E-state index is -0.335. The molecule has 1 saturated heterocycles. The van der Waals surface area contributed by atoms with E-state index in [1.165, 1.54) is 18.2 Å². The van der Waals surface area contributed by atoms with Crippen LogP contribution in [0.4, 0.5) is 10.5 Å². The summed E-state index contributed by atoms with van der Waals surface area (Å²) in [6, 6.07) is 3.52. The van der Waals surface area contributed by atoms with Gasteiger partial charge in [0.25, 0.3) is 0 Å². The van der Waals surface area contributed by atoms with E-state index in [-0.39, 0.29) is 29.4 Å². The Kier molecular flexibility index (Phi) is 3.97. The van der Waals surface area contributed by atoms with E-state index in [0.29, 0.717) is 31.6 Å². The number of phenolic OH excluding ortho intramolecular Hbond substituents is 2. The molecule has 1 aromatic carbocycles. The maximum absolute atomic E-state index is 12.0. The first kappa shape index (κ1) is 14.0. The van der Waals surface area contributed by atoms with Gasteiger partial charge in [0.05, 0.1) is 0 Å². The second kappa shape index (κ2) is 5.68. The van der Waals surface area contributed by atoms with E-state index in [1.54, 1.807) is 4.90 Å². The van der Waals surface area contributed by atoms with Crippen LogP contribution in [0.3, 0.4) is 0 Å². The van der Waals surface area contributed by atoms with Crippen LogP contribution in [-0.4, -0.2) is 40.1 Å². The highest BCUT2D eigenvalue weighted by atomic mass is 16.3. The lowest BCUT2D eigenvalue weighted by molar-refractivity contribution is -0.122. The molecule has 7 nitrogen and oxygen atoms in total. The fraction of sp³-hybridized carbons (Fsp3) is 0.385. The highest BCUT2D eigenvalue weighted by Crippen LogP contribution is 2.24. The number of carbonyl (C=O) groups is 2. The van der Waals surface area contributed by atoms with Gasteiger partial charge in [-0.25, -0.2) is 4.79 Å². The van der Waals surface area contributed by atoms with Crippen molar-refractivity contribution in [1.29, 1.82) is 0 Å². The van der Waals surface area contributed by atoms with Crippen molar-refractivity contribution in [3.05, 3.63) is 18.2 Å². The molecule has 0 atom stereocenters. The van der Waals surface area contributed by atoms with E-state index < -0.39 is 0 Å². The smallest absolute Gasteiger partial charge is 0.321 e. The predicted molar refractivity (Wildman–Crippen MR) is 72.3 cm³/mol. The number of aromatic hydroxyl groups is 2. The summed E-state index contributed by atoms with van der Waals surface area (Å²) in [7, 11) is 0. The number of carbonyl (C=O) groups excluding carboxylic acids is 2. The lowest BCUT2D eigenvalue weighted by atomic mass is 9.96. The van der Waals surface area contributed by atoms with Crippen LogP contribution in [0.5, 0.6) is 11.5 Å². The minimum Gasteiger partial charge on any atom is -0.508 e. The Bertz CT molecular complexity index is 504. The third-order valence-corrected chi connectivity index (χ3v) is 3.34. The molecular formula is C13H17N3O4. The van der Waals surface area contributed by atoms with Crippen LogP contribution in [-0.2, 0) is 4.79 Å². The van der Waals surface area contributed by atoms with E-state index in [9.17, 15) is 19.8 Å². The van der Waals surface area contributed by atoms with Crippen LogP contribution >= 0.6 is 0 Å². The average Bonchev–Trinajstić information content (AvgIpc) is 2.37. The fourth-order valence-corrected chi connectivity index (χ4v) is 2.24. The monoisotopic (exact) mass is 279 g/mol. The number of anilines is 1. The lowest BCUT2D eigenvalue weighted by Gasteiger charge is -2.30. The summed E-state index contributed by atoms with van der Waals surface area (Å²) in [5, 5.41) is 21.3. The molecule has 0 spiro atoms. The van der Waals surface area contributed by atoms with Crippen molar-refractivity contribution in [2.75, 3.05) is 18.4 Å². The maximum atomic E-state index is 12.0. The molecule has 2 rings (SSSR count).